The zero-order chi connectivity index (χ0) is 15.5. The van der Waals surface area contributed by atoms with Crippen LogP contribution in [0.15, 0.2) is 47.1 Å². The Balaban J connectivity index is 2.06. The molecule has 0 aliphatic heterocycles. The van der Waals surface area contributed by atoms with Gasteiger partial charge in [-0.05, 0) is 28.0 Å². The van der Waals surface area contributed by atoms with E-state index >= 15 is 0 Å². The Bertz CT molecular complexity index is 803. The van der Waals surface area contributed by atoms with Gasteiger partial charge in [-0.25, -0.2) is 9.69 Å². The molecule has 0 atom stereocenters. The highest BCUT2D eigenvalue weighted by atomic mass is 16.7. The minimum Gasteiger partial charge on any atom is -0.276 e. The Kier molecular flexibility index (Phi) is 3.67. The van der Waals surface area contributed by atoms with Gasteiger partial charge in [-0.3, -0.25) is 15.0 Å². The van der Waals surface area contributed by atoms with Crippen LogP contribution in [0.3, 0.4) is 0 Å². The standard InChI is InChI=1S/C14H12N4O4/c1-21-17(9-10-5-3-2-4-6-10)12-8-7-11-13(16-22-15-11)14(12)18(19)20/h2-8H,9H2,1H3. The van der Waals surface area contributed by atoms with Crippen molar-refractivity contribution in [3.8, 4) is 0 Å². The molecule has 112 valence electrons. The summed E-state index contributed by atoms with van der Waals surface area (Å²) in [5.74, 6) is 0. The second-order valence-electron chi connectivity index (χ2n) is 4.53. The van der Waals surface area contributed by atoms with Crippen LogP contribution in [0.25, 0.3) is 11.0 Å². The molecule has 0 bridgehead atoms. The van der Waals surface area contributed by atoms with E-state index in [1.807, 2.05) is 30.3 Å². The Morgan fingerprint density at radius 1 is 1.23 bits per heavy atom. The first-order valence-corrected chi connectivity index (χ1v) is 6.46. The second-order valence-corrected chi connectivity index (χ2v) is 4.53. The Hall–Kier alpha value is -3.00. The first kappa shape index (κ1) is 14.0. The quantitative estimate of drug-likeness (QED) is 0.528. The SMILES string of the molecule is CON(Cc1ccccc1)c1ccc2nonc2c1[N+](=O)[O-]. The highest BCUT2D eigenvalue weighted by Crippen LogP contribution is 2.35. The molecule has 0 aliphatic rings. The summed E-state index contributed by atoms with van der Waals surface area (Å²) in [4.78, 5) is 16.2. The smallest absolute Gasteiger partial charge is 0.276 e. The summed E-state index contributed by atoms with van der Waals surface area (Å²) in [6, 6.07) is 12.7. The van der Waals surface area contributed by atoms with Crippen molar-refractivity contribution >= 4 is 22.4 Å². The lowest BCUT2D eigenvalue weighted by molar-refractivity contribution is -0.382. The van der Waals surface area contributed by atoms with E-state index in [-0.39, 0.29) is 11.2 Å². The lowest BCUT2D eigenvalue weighted by Crippen LogP contribution is -2.22. The number of hydrogen-bond acceptors (Lipinski definition) is 7. The van der Waals surface area contributed by atoms with Crippen LogP contribution >= 0.6 is 0 Å². The Morgan fingerprint density at radius 2 is 2.00 bits per heavy atom. The third-order valence-electron chi connectivity index (χ3n) is 3.22. The van der Waals surface area contributed by atoms with Crippen LogP contribution in [0.1, 0.15) is 5.56 Å². The minimum atomic E-state index is -0.515. The van der Waals surface area contributed by atoms with Crippen LogP contribution in [0.4, 0.5) is 11.4 Å². The van der Waals surface area contributed by atoms with Crippen molar-refractivity contribution < 1.29 is 14.4 Å². The van der Waals surface area contributed by atoms with Crippen molar-refractivity contribution in [2.24, 2.45) is 0 Å². The van der Waals surface area contributed by atoms with E-state index < -0.39 is 4.92 Å². The number of rotatable bonds is 5. The molecule has 0 N–H and O–H groups in total. The number of aromatic nitrogens is 2. The van der Waals surface area contributed by atoms with Gasteiger partial charge in [0.25, 0.3) is 0 Å². The number of nitrogens with zero attached hydrogens (tertiary/aromatic N) is 4. The van der Waals surface area contributed by atoms with Crippen LogP contribution in [0.5, 0.6) is 0 Å². The predicted molar refractivity (Wildman–Crippen MR) is 78.1 cm³/mol. The maximum Gasteiger partial charge on any atom is 0.326 e. The van der Waals surface area contributed by atoms with Gasteiger partial charge in [0.05, 0.1) is 18.6 Å². The first-order valence-electron chi connectivity index (χ1n) is 6.46. The Labute approximate surface area is 125 Å². The van der Waals surface area contributed by atoms with Crippen molar-refractivity contribution in [3.05, 3.63) is 58.1 Å². The monoisotopic (exact) mass is 300 g/mol. The molecule has 3 rings (SSSR count). The van der Waals surface area contributed by atoms with Gasteiger partial charge in [-0.1, -0.05) is 30.3 Å². The van der Waals surface area contributed by atoms with Crippen molar-refractivity contribution in [1.29, 1.82) is 0 Å². The first-order chi connectivity index (χ1) is 10.7. The van der Waals surface area contributed by atoms with Crippen molar-refractivity contribution in [2.45, 2.75) is 6.54 Å². The largest absolute Gasteiger partial charge is 0.326 e. The van der Waals surface area contributed by atoms with E-state index in [0.29, 0.717) is 17.7 Å². The molecule has 8 heteroatoms. The number of hydrogen-bond donors (Lipinski definition) is 0. The Morgan fingerprint density at radius 3 is 2.68 bits per heavy atom. The average molecular weight is 300 g/mol. The van der Waals surface area contributed by atoms with Gasteiger partial charge in [-0.15, -0.1) is 0 Å². The van der Waals surface area contributed by atoms with Crippen molar-refractivity contribution in [2.75, 3.05) is 12.2 Å². The lowest BCUT2D eigenvalue weighted by atomic mass is 10.2. The summed E-state index contributed by atoms with van der Waals surface area (Å²) >= 11 is 0. The number of hydroxylamine groups is 1. The third kappa shape index (κ3) is 2.47. The normalized spacial score (nSPS) is 10.8. The van der Waals surface area contributed by atoms with Crippen LogP contribution in [-0.2, 0) is 11.4 Å². The number of fused-ring (bicyclic) bond motifs is 1. The number of benzene rings is 2. The fraction of sp³-hybridized carbons (Fsp3) is 0.143. The fourth-order valence-electron chi connectivity index (χ4n) is 2.21. The van der Waals surface area contributed by atoms with E-state index in [9.17, 15) is 10.1 Å². The van der Waals surface area contributed by atoms with E-state index in [1.54, 1.807) is 12.1 Å². The number of nitro benzene ring substituents is 1. The molecule has 0 spiro atoms. The highest BCUT2D eigenvalue weighted by molar-refractivity contribution is 5.90. The average Bonchev–Trinajstić information content (AvgIpc) is 3.01. The molecular formula is C14H12N4O4. The molecule has 22 heavy (non-hydrogen) atoms. The van der Waals surface area contributed by atoms with E-state index in [1.165, 1.54) is 12.2 Å². The minimum absolute atomic E-state index is 0.0950. The van der Waals surface area contributed by atoms with Gasteiger partial charge in [0, 0.05) is 0 Å². The third-order valence-corrected chi connectivity index (χ3v) is 3.22. The van der Waals surface area contributed by atoms with Gasteiger partial charge in [0.2, 0.25) is 5.52 Å². The molecule has 2 aromatic carbocycles. The van der Waals surface area contributed by atoms with Crippen LogP contribution in [-0.4, -0.2) is 22.3 Å². The van der Waals surface area contributed by atoms with Crippen LogP contribution < -0.4 is 5.06 Å². The van der Waals surface area contributed by atoms with Gasteiger partial charge in [0.1, 0.15) is 11.2 Å². The van der Waals surface area contributed by atoms with Gasteiger partial charge < -0.3 is 0 Å². The summed E-state index contributed by atoms with van der Waals surface area (Å²) in [5.41, 5.74) is 1.47. The molecular weight excluding hydrogens is 288 g/mol. The zero-order valence-electron chi connectivity index (χ0n) is 11.7. The molecule has 0 unspecified atom stereocenters. The van der Waals surface area contributed by atoms with Crippen LogP contribution in [0, 0.1) is 10.1 Å². The number of nitro groups is 1. The molecule has 1 heterocycles. The molecule has 0 radical (unpaired) electrons. The topological polar surface area (TPSA) is 94.5 Å². The second kappa shape index (κ2) is 5.78. The molecule has 0 aliphatic carbocycles. The summed E-state index contributed by atoms with van der Waals surface area (Å²) in [5, 5.41) is 20.1. The maximum atomic E-state index is 11.4. The molecule has 3 aromatic rings. The van der Waals surface area contributed by atoms with Crippen LogP contribution in [0.2, 0.25) is 0 Å². The molecule has 1 aromatic heterocycles. The molecule has 0 saturated carbocycles. The fourth-order valence-corrected chi connectivity index (χ4v) is 2.21. The molecule has 8 nitrogen and oxygen atoms in total. The molecule has 0 amide bonds. The summed E-state index contributed by atoms with van der Waals surface area (Å²) < 4.78 is 4.58. The van der Waals surface area contributed by atoms with E-state index in [4.69, 9.17) is 4.84 Å². The lowest BCUT2D eigenvalue weighted by Gasteiger charge is -2.21. The van der Waals surface area contributed by atoms with Gasteiger partial charge >= 0.3 is 5.69 Å². The molecule has 0 fully saturated rings. The zero-order valence-corrected chi connectivity index (χ0v) is 11.7. The van der Waals surface area contributed by atoms with Gasteiger partial charge in [0.15, 0.2) is 0 Å². The van der Waals surface area contributed by atoms with Crippen molar-refractivity contribution in [3.63, 3.8) is 0 Å². The van der Waals surface area contributed by atoms with Gasteiger partial charge in [-0.2, -0.15) is 0 Å². The summed E-state index contributed by atoms with van der Waals surface area (Å²) in [6.07, 6.45) is 0. The van der Waals surface area contributed by atoms with E-state index in [2.05, 4.69) is 14.9 Å². The summed E-state index contributed by atoms with van der Waals surface area (Å²) in [6.45, 7) is 0.356. The van der Waals surface area contributed by atoms with Crippen molar-refractivity contribution in [1.82, 2.24) is 10.3 Å². The summed E-state index contributed by atoms with van der Waals surface area (Å²) in [7, 11) is 1.46. The molecule has 0 saturated heterocycles. The van der Waals surface area contributed by atoms with E-state index in [0.717, 1.165) is 5.56 Å². The number of anilines is 1. The predicted octanol–water partition coefficient (Wildman–Crippen LogP) is 2.70. The highest BCUT2D eigenvalue weighted by Gasteiger charge is 2.26. The maximum absolute atomic E-state index is 11.4.